The molecule has 0 spiro atoms. The molecule has 1 aromatic carbocycles. The van der Waals surface area contributed by atoms with Gasteiger partial charge in [-0.25, -0.2) is 4.98 Å². The van der Waals surface area contributed by atoms with Crippen LogP contribution in [0.1, 0.15) is 6.42 Å². The van der Waals surface area contributed by atoms with E-state index < -0.39 is 0 Å². The van der Waals surface area contributed by atoms with Gasteiger partial charge in [-0.15, -0.1) is 0 Å². The summed E-state index contributed by atoms with van der Waals surface area (Å²) in [5, 5.41) is 0. The van der Waals surface area contributed by atoms with Gasteiger partial charge in [-0.1, -0.05) is 30.3 Å². The van der Waals surface area contributed by atoms with Crippen molar-refractivity contribution in [3.63, 3.8) is 0 Å². The lowest BCUT2D eigenvalue weighted by Gasteiger charge is -2.11. The van der Waals surface area contributed by atoms with E-state index in [1.54, 1.807) is 0 Å². The molecule has 0 aliphatic carbocycles. The second-order valence-corrected chi connectivity index (χ2v) is 4.47. The molecule has 0 fully saturated rings. The Kier molecular flexibility index (Phi) is 3.94. The van der Waals surface area contributed by atoms with E-state index in [-0.39, 0.29) is 0 Å². The second-order valence-electron chi connectivity index (χ2n) is 4.47. The minimum Gasteiger partial charge on any atom is -0.331 e. The predicted molar refractivity (Wildman–Crippen MR) is 70.8 cm³/mol. The molecule has 0 aliphatic rings. The number of rotatable bonds is 5. The summed E-state index contributed by atoms with van der Waals surface area (Å²) in [6.07, 6.45) is 5.07. The van der Waals surface area contributed by atoms with E-state index in [9.17, 15) is 0 Å². The first kappa shape index (κ1) is 11.9. The fourth-order valence-corrected chi connectivity index (χ4v) is 1.89. The van der Waals surface area contributed by atoms with Crippen LogP contribution >= 0.6 is 0 Å². The first-order valence-corrected chi connectivity index (χ1v) is 5.98. The Labute approximate surface area is 103 Å². The van der Waals surface area contributed by atoms with Gasteiger partial charge >= 0.3 is 0 Å². The van der Waals surface area contributed by atoms with Crippen molar-refractivity contribution in [2.75, 3.05) is 20.6 Å². The largest absolute Gasteiger partial charge is 0.331 e. The van der Waals surface area contributed by atoms with Gasteiger partial charge in [0.2, 0.25) is 0 Å². The fourth-order valence-electron chi connectivity index (χ4n) is 1.89. The molecule has 0 atom stereocenters. The monoisotopic (exact) mass is 229 g/mol. The molecule has 0 bridgehead atoms. The van der Waals surface area contributed by atoms with Crippen LogP contribution in [0, 0.1) is 0 Å². The van der Waals surface area contributed by atoms with Crippen molar-refractivity contribution >= 4 is 0 Å². The molecule has 90 valence electrons. The Bertz CT molecular complexity index is 446. The number of aryl methyl sites for hydroxylation is 1. The number of aromatic nitrogens is 2. The van der Waals surface area contributed by atoms with Crippen molar-refractivity contribution in [2.45, 2.75) is 13.0 Å². The number of hydrogen-bond donors (Lipinski definition) is 0. The lowest BCUT2D eigenvalue weighted by molar-refractivity contribution is 0.387. The third-order valence-electron chi connectivity index (χ3n) is 2.75. The summed E-state index contributed by atoms with van der Waals surface area (Å²) >= 11 is 0. The van der Waals surface area contributed by atoms with Crippen LogP contribution in [0.4, 0.5) is 0 Å². The summed E-state index contributed by atoms with van der Waals surface area (Å²) in [7, 11) is 4.21. The second kappa shape index (κ2) is 5.64. The van der Waals surface area contributed by atoms with E-state index >= 15 is 0 Å². The van der Waals surface area contributed by atoms with E-state index in [1.165, 1.54) is 5.56 Å². The van der Waals surface area contributed by atoms with Gasteiger partial charge in [-0.2, -0.15) is 0 Å². The zero-order chi connectivity index (χ0) is 12.1. The molecule has 0 radical (unpaired) electrons. The van der Waals surface area contributed by atoms with Crippen molar-refractivity contribution in [3.05, 3.63) is 42.7 Å². The van der Waals surface area contributed by atoms with Gasteiger partial charge in [0.25, 0.3) is 0 Å². The maximum Gasteiger partial charge on any atom is 0.139 e. The normalized spacial score (nSPS) is 11.0. The Morgan fingerprint density at radius 2 is 1.94 bits per heavy atom. The Hall–Kier alpha value is -1.61. The van der Waals surface area contributed by atoms with Crippen molar-refractivity contribution in [2.24, 2.45) is 0 Å². The molecule has 2 aromatic rings. The molecule has 1 aromatic heterocycles. The molecule has 0 amide bonds. The summed E-state index contributed by atoms with van der Waals surface area (Å²) in [4.78, 5) is 6.64. The summed E-state index contributed by atoms with van der Waals surface area (Å²) in [5.74, 6) is 1.06. The summed E-state index contributed by atoms with van der Waals surface area (Å²) in [6, 6.07) is 10.3. The minimum atomic E-state index is 1.02. The molecule has 1 heterocycles. The molecule has 0 saturated carbocycles. The third kappa shape index (κ3) is 3.17. The van der Waals surface area contributed by atoms with Gasteiger partial charge < -0.3 is 9.47 Å². The zero-order valence-electron chi connectivity index (χ0n) is 10.5. The van der Waals surface area contributed by atoms with E-state index in [4.69, 9.17) is 0 Å². The van der Waals surface area contributed by atoms with Gasteiger partial charge in [0.1, 0.15) is 5.82 Å². The number of nitrogens with zero attached hydrogens (tertiary/aromatic N) is 3. The van der Waals surface area contributed by atoms with Crippen LogP contribution in [-0.2, 0) is 6.54 Å². The number of imidazole rings is 1. The quantitative estimate of drug-likeness (QED) is 0.785. The highest BCUT2D eigenvalue weighted by atomic mass is 15.1. The standard InChI is InChI=1S/C14H19N3/c1-16(2)10-6-11-17-12-9-15-14(17)13-7-4-3-5-8-13/h3-5,7-9,12H,6,10-11H2,1-2H3. The molecular formula is C14H19N3. The lowest BCUT2D eigenvalue weighted by atomic mass is 10.2. The van der Waals surface area contributed by atoms with E-state index in [1.807, 2.05) is 24.4 Å². The van der Waals surface area contributed by atoms with Crippen LogP contribution in [0.3, 0.4) is 0 Å². The van der Waals surface area contributed by atoms with E-state index in [2.05, 4.69) is 46.9 Å². The summed E-state index contributed by atoms with van der Waals surface area (Å²) in [5.41, 5.74) is 1.18. The van der Waals surface area contributed by atoms with Gasteiger partial charge in [-0.05, 0) is 27.1 Å². The highest BCUT2D eigenvalue weighted by molar-refractivity contribution is 5.54. The van der Waals surface area contributed by atoms with Crippen LogP contribution in [0.2, 0.25) is 0 Å². The van der Waals surface area contributed by atoms with Crippen LogP contribution in [0.5, 0.6) is 0 Å². The molecule has 0 N–H and O–H groups in total. The van der Waals surface area contributed by atoms with Gasteiger partial charge in [0.05, 0.1) is 0 Å². The van der Waals surface area contributed by atoms with Crippen molar-refractivity contribution in [3.8, 4) is 11.4 Å². The lowest BCUT2D eigenvalue weighted by Crippen LogP contribution is -2.15. The average Bonchev–Trinajstić information content (AvgIpc) is 2.78. The molecule has 0 aliphatic heterocycles. The molecule has 3 heteroatoms. The molecular weight excluding hydrogens is 210 g/mol. The van der Waals surface area contributed by atoms with E-state index in [0.29, 0.717) is 0 Å². The first-order valence-electron chi connectivity index (χ1n) is 5.98. The van der Waals surface area contributed by atoms with Crippen molar-refractivity contribution < 1.29 is 0 Å². The molecule has 3 nitrogen and oxygen atoms in total. The predicted octanol–water partition coefficient (Wildman–Crippen LogP) is 2.50. The summed E-state index contributed by atoms with van der Waals surface area (Å²) < 4.78 is 2.22. The highest BCUT2D eigenvalue weighted by Crippen LogP contribution is 2.16. The van der Waals surface area contributed by atoms with Crippen LogP contribution in [0.15, 0.2) is 42.7 Å². The zero-order valence-corrected chi connectivity index (χ0v) is 10.5. The molecule has 0 saturated heterocycles. The molecule has 0 unspecified atom stereocenters. The van der Waals surface area contributed by atoms with Crippen molar-refractivity contribution in [1.82, 2.24) is 14.5 Å². The Morgan fingerprint density at radius 1 is 1.18 bits per heavy atom. The topological polar surface area (TPSA) is 21.1 Å². The van der Waals surface area contributed by atoms with Crippen LogP contribution < -0.4 is 0 Å². The van der Waals surface area contributed by atoms with Crippen LogP contribution in [-0.4, -0.2) is 35.1 Å². The minimum absolute atomic E-state index is 1.02. The number of benzene rings is 1. The Morgan fingerprint density at radius 3 is 2.65 bits per heavy atom. The van der Waals surface area contributed by atoms with Crippen LogP contribution in [0.25, 0.3) is 11.4 Å². The van der Waals surface area contributed by atoms with Crippen molar-refractivity contribution in [1.29, 1.82) is 0 Å². The highest BCUT2D eigenvalue weighted by Gasteiger charge is 2.04. The maximum atomic E-state index is 4.43. The SMILES string of the molecule is CN(C)CCCn1ccnc1-c1ccccc1. The average molecular weight is 229 g/mol. The first-order chi connectivity index (χ1) is 8.27. The van der Waals surface area contributed by atoms with Gasteiger partial charge in [0.15, 0.2) is 0 Å². The number of hydrogen-bond acceptors (Lipinski definition) is 2. The molecule has 2 rings (SSSR count). The van der Waals surface area contributed by atoms with Gasteiger partial charge in [0, 0.05) is 24.5 Å². The summed E-state index contributed by atoms with van der Waals surface area (Å²) in [6.45, 7) is 2.12. The van der Waals surface area contributed by atoms with Gasteiger partial charge in [-0.3, -0.25) is 0 Å². The molecule has 17 heavy (non-hydrogen) atoms. The maximum absolute atomic E-state index is 4.43. The third-order valence-corrected chi connectivity index (χ3v) is 2.75. The smallest absolute Gasteiger partial charge is 0.139 e. The Balaban J connectivity index is 2.07. The van der Waals surface area contributed by atoms with E-state index in [0.717, 1.165) is 25.3 Å². The fraction of sp³-hybridized carbons (Fsp3) is 0.357.